The van der Waals surface area contributed by atoms with Gasteiger partial charge in [-0.15, -0.1) is 0 Å². The minimum atomic E-state index is 0.659. The Kier molecular flexibility index (Phi) is 3.42. The fourth-order valence-corrected chi connectivity index (χ4v) is 2.43. The predicted molar refractivity (Wildman–Crippen MR) is 57.5 cm³/mol. The Morgan fingerprint density at radius 1 is 1.36 bits per heavy atom. The van der Waals surface area contributed by atoms with Gasteiger partial charge in [-0.05, 0) is 13.3 Å². The van der Waals surface area contributed by atoms with Crippen molar-refractivity contribution in [2.45, 2.75) is 32.4 Å². The molecular formula is C11H22N2O. The van der Waals surface area contributed by atoms with Crippen molar-refractivity contribution in [2.24, 2.45) is 0 Å². The number of rotatable bonds is 2. The molecule has 14 heavy (non-hydrogen) atoms. The minimum Gasteiger partial charge on any atom is -0.378 e. The van der Waals surface area contributed by atoms with E-state index < -0.39 is 0 Å². The Morgan fingerprint density at radius 2 is 2.21 bits per heavy atom. The molecule has 2 aliphatic rings. The topological polar surface area (TPSA) is 15.7 Å². The van der Waals surface area contributed by atoms with E-state index in [0.29, 0.717) is 6.04 Å². The highest BCUT2D eigenvalue weighted by Crippen LogP contribution is 2.16. The smallest absolute Gasteiger partial charge is 0.0634 e. The first kappa shape index (κ1) is 10.4. The first-order valence-corrected chi connectivity index (χ1v) is 5.87. The van der Waals surface area contributed by atoms with Crippen LogP contribution in [0.5, 0.6) is 0 Å². The molecule has 2 fully saturated rings. The van der Waals surface area contributed by atoms with E-state index in [1.54, 1.807) is 0 Å². The molecule has 2 atom stereocenters. The van der Waals surface area contributed by atoms with Crippen molar-refractivity contribution in [3.63, 3.8) is 0 Å². The fourth-order valence-electron chi connectivity index (χ4n) is 2.43. The molecule has 0 aromatic carbocycles. The average molecular weight is 198 g/mol. The van der Waals surface area contributed by atoms with E-state index in [2.05, 4.69) is 23.6 Å². The predicted octanol–water partition coefficient (Wildman–Crippen LogP) is 0.801. The molecule has 0 radical (unpaired) electrons. The highest BCUT2D eigenvalue weighted by Gasteiger charge is 2.30. The standard InChI is InChI=1S/C11H22N2O/c1-3-10(2)13-5-4-12-6-7-14-9-11(12)8-13/h10-11H,3-9H2,1-2H3. The molecule has 0 spiro atoms. The highest BCUT2D eigenvalue weighted by atomic mass is 16.5. The Morgan fingerprint density at radius 3 is 3.00 bits per heavy atom. The van der Waals surface area contributed by atoms with Crippen molar-refractivity contribution in [1.82, 2.24) is 9.80 Å². The Hall–Kier alpha value is -0.120. The summed E-state index contributed by atoms with van der Waals surface area (Å²) < 4.78 is 5.53. The first-order chi connectivity index (χ1) is 6.81. The Balaban J connectivity index is 1.89. The number of hydrogen-bond donors (Lipinski definition) is 0. The van der Waals surface area contributed by atoms with Crippen LogP contribution in [0.1, 0.15) is 20.3 Å². The van der Waals surface area contributed by atoms with Crippen LogP contribution in [-0.2, 0) is 4.74 Å². The van der Waals surface area contributed by atoms with E-state index in [0.717, 1.165) is 25.8 Å². The van der Waals surface area contributed by atoms with Crippen LogP contribution >= 0.6 is 0 Å². The molecule has 2 aliphatic heterocycles. The molecule has 2 unspecified atom stereocenters. The lowest BCUT2D eigenvalue weighted by Crippen LogP contribution is -2.59. The summed E-state index contributed by atoms with van der Waals surface area (Å²) in [6.45, 7) is 11.3. The lowest BCUT2D eigenvalue weighted by molar-refractivity contribution is -0.0518. The molecule has 2 rings (SSSR count). The number of nitrogens with zero attached hydrogens (tertiary/aromatic N) is 2. The molecule has 0 aromatic heterocycles. The molecule has 0 saturated carbocycles. The molecule has 3 nitrogen and oxygen atoms in total. The summed E-state index contributed by atoms with van der Waals surface area (Å²) in [4.78, 5) is 5.19. The van der Waals surface area contributed by atoms with Crippen molar-refractivity contribution in [1.29, 1.82) is 0 Å². The second-order valence-electron chi connectivity index (χ2n) is 4.52. The SMILES string of the molecule is CCC(C)N1CCN2CCOCC2C1. The number of fused-ring (bicyclic) bond motifs is 1. The van der Waals surface area contributed by atoms with Gasteiger partial charge in [0.15, 0.2) is 0 Å². The normalized spacial score (nSPS) is 32.6. The van der Waals surface area contributed by atoms with E-state index in [9.17, 15) is 0 Å². The van der Waals surface area contributed by atoms with Gasteiger partial charge in [0.25, 0.3) is 0 Å². The zero-order chi connectivity index (χ0) is 9.97. The summed E-state index contributed by atoms with van der Waals surface area (Å²) >= 11 is 0. The van der Waals surface area contributed by atoms with Crippen molar-refractivity contribution < 1.29 is 4.74 Å². The Bertz CT molecular complexity index is 186. The zero-order valence-corrected chi connectivity index (χ0v) is 9.41. The third kappa shape index (κ3) is 2.10. The largest absolute Gasteiger partial charge is 0.378 e. The molecule has 0 bridgehead atoms. The highest BCUT2D eigenvalue weighted by molar-refractivity contribution is 4.85. The lowest BCUT2D eigenvalue weighted by Gasteiger charge is -2.45. The van der Waals surface area contributed by atoms with Crippen molar-refractivity contribution in [3.05, 3.63) is 0 Å². The van der Waals surface area contributed by atoms with Crippen LogP contribution in [0.25, 0.3) is 0 Å². The van der Waals surface area contributed by atoms with Gasteiger partial charge in [-0.1, -0.05) is 6.92 Å². The van der Waals surface area contributed by atoms with E-state index in [1.165, 1.54) is 26.1 Å². The van der Waals surface area contributed by atoms with Gasteiger partial charge in [0.2, 0.25) is 0 Å². The van der Waals surface area contributed by atoms with Crippen molar-refractivity contribution in [2.75, 3.05) is 39.4 Å². The second-order valence-corrected chi connectivity index (χ2v) is 4.52. The molecule has 0 aliphatic carbocycles. The molecule has 82 valence electrons. The van der Waals surface area contributed by atoms with Gasteiger partial charge in [0.1, 0.15) is 0 Å². The summed E-state index contributed by atoms with van der Waals surface area (Å²) in [5, 5.41) is 0. The summed E-state index contributed by atoms with van der Waals surface area (Å²) in [7, 11) is 0. The van der Waals surface area contributed by atoms with Crippen molar-refractivity contribution >= 4 is 0 Å². The molecule has 2 saturated heterocycles. The number of morpholine rings is 1. The van der Waals surface area contributed by atoms with Crippen LogP contribution in [0.3, 0.4) is 0 Å². The molecule has 0 amide bonds. The number of hydrogen-bond acceptors (Lipinski definition) is 3. The van der Waals surface area contributed by atoms with Crippen LogP contribution in [0.15, 0.2) is 0 Å². The molecule has 2 heterocycles. The second kappa shape index (κ2) is 4.60. The van der Waals surface area contributed by atoms with Crippen molar-refractivity contribution in [3.8, 4) is 0 Å². The van der Waals surface area contributed by atoms with E-state index in [4.69, 9.17) is 4.74 Å². The van der Waals surface area contributed by atoms with Gasteiger partial charge < -0.3 is 4.74 Å². The van der Waals surface area contributed by atoms with Gasteiger partial charge in [-0.25, -0.2) is 0 Å². The first-order valence-electron chi connectivity index (χ1n) is 5.87. The fraction of sp³-hybridized carbons (Fsp3) is 1.00. The van der Waals surface area contributed by atoms with Gasteiger partial charge in [-0.2, -0.15) is 0 Å². The molecule has 0 N–H and O–H groups in total. The monoisotopic (exact) mass is 198 g/mol. The van der Waals surface area contributed by atoms with E-state index >= 15 is 0 Å². The van der Waals surface area contributed by atoms with Crippen LogP contribution in [0, 0.1) is 0 Å². The quantitative estimate of drug-likeness (QED) is 0.653. The third-order valence-corrected chi connectivity index (χ3v) is 3.68. The maximum Gasteiger partial charge on any atom is 0.0634 e. The summed E-state index contributed by atoms with van der Waals surface area (Å²) in [5.41, 5.74) is 0. The lowest BCUT2D eigenvalue weighted by atomic mass is 10.1. The minimum absolute atomic E-state index is 0.659. The molecule has 3 heteroatoms. The summed E-state index contributed by atoms with van der Waals surface area (Å²) in [6, 6.07) is 1.39. The average Bonchev–Trinajstić information content (AvgIpc) is 2.27. The van der Waals surface area contributed by atoms with Crippen LogP contribution in [-0.4, -0.2) is 61.3 Å². The van der Waals surface area contributed by atoms with Crippen LogP contribution < -0.4 is 0 Å². The van der Waals surface area contributed by atoms with Crippen LogP contribution in [0.4, 0.5) is 0 Å². The third-order valence-electron chi connectivity index (χ3n) is 3.68. The number of piperazine rings is 1. The summed E-state index contributed by atoms with van der Waals surface area (Å²) in [5.74, 6) is 0. The Labute approximate surface area is 87.0 Å². The van der Waals surface area contributed by atoms with Gasteiger partial charge in [0, 0.05) is 38.3 Å². The van der Waals surface area contributed by atoms with E-state index in [-0.39, 0.29) is 0 Å². The van der Waals surface area contributed by atoms with Crippen LogP contribution in [0.2, 0.25) is 0 Å². The van der Waals surface area contributed by atoms with E-state index in [1.807, 2.05) is 0 Å². The van der Waals surface area contributed by atoms with Gasteiger partial charge >= 0.3 is 0 Å². The van der Waals surface area contributed by atoms with Gasteiger partial charge in [0.05, 0.1) is 13.2 Å². The maximum atomic E-state index is 5.53. The maximum absolute atomic E-state index is 5.53. The molecule has 0 aromatic rings. The number of ether oxygens (including phenoxy) is 1. The zero-order valence-electron chi connectivity index (χ0n) is 9.41. The summed E-state index contributed by atoms with van der Waals surface area (Å²) in [6.07, 6.45) is 1.26. The van der Waals surface area contributed by atoms with Gasteiger partial charge in [-0.3, -0.25) is 9.80 Å². The molecular weight excluding hydrogens is 176 g/mol.